The molecule has 0 atom stereocenters. The van der Waals surface area contributed by atoms with E-state index in [4.69, 9.17) is 23.2 Å². The van der Waals surface area contributed by atoms with Gasteiger partial charge in [-0.05, 0) is 30.3 Å². The minimum atomic E-state index is -4.74. The minimum Gasteiger partial charge on any atom is -0.272 e. The van der Waals surface area contributed by atoms with Gasteiger partial charge < -0.3 is 0 Å². The van der Waals surface area contributed by atoms with E-state index in [1.165, 1.54) is 18.2 Å². The molecular weight excluding hydrogens is 458 g/mol. The topological polar surface area (TPSA) is 101 Å². The second-order valence-corrected chi connectivity index (χ2v) is 7.21. The number of benzene rings is 2. The molecule has 0 fully saturated rings. The number of nitrogens with zero attached hydrogens (tertiary/aromatic N) is 1. The molecule has 2 amide bonds. The average Bonchev–Trinajstić information content (AvgIpc) is 2.65. The van der Waals surface area contributed by atoms with Crippen molar-refractivity contribution in [1.29, 1.82) is 0 Å². The molecule has 2 N–H and O–H groups in total. The van der Waals surface area contributed by atoms with Crippen molar-refractivity contribution in [3.63, 3.8) is 0 Å². The zero-order chi connectivity index (χ0) is 21.8. The molecular formula is C16H10Cl2F3N3O4S. The fourth-order valence-electron chi connectivity index (χ4n) is 2.00. The van der Waals surface area contributed by atoms with Gasteiger partial charge in [0, 0.05) is 11.1 Å². The Bertz CT molecular complexity index is 973. The van der Waals surface area contributed by atoms with Crippen LogP contribution in [0.1, 0.15) is 15.9 Å². The molecule has 0 radical (unpaired) electrons. The molecule has 0 aliphatic rings. The van der Waals surface area contributed by atoms with E-state index in [1.54, 1.807) is 0 Å². The van der Waals surface area contributed by atoms with Gasteiger partial charge in [-0.1, -0.05) is 23.2 Å². The van der Waals surface area contributed by atoms with Crippen LogP contribution in [0.2, 0.25) is 10.0 Å². The van der Waals surface area contributed by atoms with Crippen molar-refractivity contribution in [2.75, 3.05) is 5.75 Å². The fraction of sp³-hybridized carbons (Fsp3) is 0.125. The molecule has 13 heteroatoms. The number of amides is 2. The number of hydrogen-bond donors (Lipinski definition) is 2. The quantitative estimate of drug-likeness (QED) is 0.383. The van der Waals surface area contributed by atoms with E-state index < -0.39 is 39.9 Å². The van der Waals surface area contributed by atoms with Crippen LogP contribution in [-0.4, -0.2) is 22.5 Å². The van der Waals surface area contributed by atoms with Crippen molar-refractivity contribution in [3.8, 4) is 0 Å². The van der Waals surface area contributed by atoms with Crippen molar-refractivity contribution < 1.29 is 27.7 Å². The largest absolute Gasteiger partial charge is 0.416 e. The van der Waals surface area contributed by atoms with Gasteiger partial charge in [-0.2, -0.15) is 13.2 Å². The number of carbonyl (C=O) groups excluding carboxylic acids is 2. The normalized spacial score (nSPS) is 11.1. The highest BCUT2D eigenvalue weighted by molar-refractivity contribution is 8.00. The summed E-state index contributed by atoms with van der Waals surface area (Å²) in [5.41, 5.74) is 2.21. The van der Waals surface area contributed by atoms with Crippen molar-refractivity contribution in [2.24, 2.45) is 0 Å². The van der Waals surface area contributed by atoms with Crippen molar-refractivity contribution in [1.82, 2.24) is 10.9 Å². The fourth-order valence-corrected chi connectivity index (χ4v) is 3.18. The van der Waals surface area contributed by atoms with Crippen LogP contribution in [0, 0.1) is 10.1 Å². The highest BCUT2D eigenvalue weighted by atomic mass is 35.5. The third kappa shape index (κ3) is 6.24. The predicted molar refractivity (Wildman–Crippen MR) is 101 cm³/mol. The number of carbonyl (C=O) groups is 2. The summed E-state index contributed by atoms with van der Waals surface area (Å²) in [4.78, 5) is 33.8. The number of rotatable bonds is 5. The second kappa shape index (κ2) is 9.33. The van der Waals surface area contributed by atoms with Crippen LogP contribution < -0.4 is 10.9 Å². The number of nitro groups is 1. The lowest BCUT2D eigenvalue weighted by atomic mass is 10.2. The van der Waals surface area contributed by atoms with Gasteiger partial charge in [-0.25, -0.2) is 0 Å². The molecule has 0 heterocycles. The third-order valence-corrected chi connectivity index (χ3v) is 4.96. The van der Waals surface area contributed by atoms with E-state index in [0.29, 0.717) is 23.9 Å². The Morgan fingerprint density at radius 3 is 2.41 bits per heavy atom. The minimum absolute atomic E-state index is 0.00509. The molecule has 0 saturated carbocycles. The maximum Gasteiger partial charge on any atom is 0.416 e. The first kappa shape index (κ1) is 22.8. The Morgan fingerprint density at radius 2 is 1.79 bits per heavy atom. The SMILES string of the molecule is O=C(CSc1ccc(C(F)(F)F)cc1[N+](=O)[O-])NNC(=O)c1cc(Cl)ccc1Cl. The lowest BCUT2D eigenvalue weighted by Gasteiger charge is -2.10. The first-order valence-electron chi connectivity index (χ1n) is 7.51. The summed E-state index contributed by atoms with van der Waals surface area (Å²) in [6.07, 6.45) is -4.74. The van der Waals surface area contributed by atoms with Crippen LogP contribution in [0.4, 0.5) is 18.9 Å². The van der Waals surface area contributed by atoms with E-state index in [2.05, 4.69) is 10.9 Å². The second-order valence-electron chi connectivity index (χ2n) is 5.35. The van der Waals surface area contributed by atoms with E-state index in [1.807, 2.05) is 0 Å². The van der Waals surface area contributed by atoms with Gasteiger partial charge in [0.2, 0.25) is 5.91 Å². The molecule has 0 spiro atoms. The van der Waals surface area contributed by atoms with Crippen molar-refractivity contribution in [2.45, 2.75) is 11.1 Å². The van der Waals surface area contributed by atoms with Crippen LogP contribution >= 0.6 is 35.0 Å². The van der Waals surface area contributed by atoms with Crippen molar-refractivity contribution in [3.05, 3.63) is 67.7 Å². The highest BCUT2D eigenvalue weighted by Crippen LogP contribution is 2.36. The van der Waals surface area contributed by atoms with Crippen LogP contribution in [0.3, 0.4) is 0 Å². The highest BCUT2D eigenvalue weighted by Gasteiger charge is 2.33. The van der Waals surface area contributed by atoms with E-state index in [0.717, 1.165) is 6.07 Å². The van der Waals surface area contributed by atoms with Gasteiger partial charge in [0.05, 0.1) is 31.7 Å². The molecule has 2 aromatic rings. The first-order chi connectivity index (χ1) is 13.5. The van der Waals surface area contributed by atoms with Crippen LogP contribution in [0.5, 0.6) is 0 Å². The number of alkyl halides is 3. The number of nitrogens with one attached hydrogen (secondary N) is 2. The predicted octanol–water partition coefficient (Wildman–Crippen LogP) is 4.47. The van der Waals surface area contributed by atoms with E-state index in [9.17, 15) is 32.9 Å². The monoisotopic (exact) mass is 467 g/mol. The van der Waals surface area contributed by atoms with Gasteiger partial charge in [-0.15, -0.1) is 11.8 Å². The molecule has 0 unspecified atom stereocenters. The molecule has 0 aliphatic heterocycles. The molecule has 0 aliphatic carbocycles. The standard InChI is InChI=1S/C16H10Cl2F3N3O4S/c17-9-2-3-11(18)10(6-9)15(26)23-22-14(25)7-29-13-4-1-8(16(19,20)21)5-12(13)24(27)28/h1-6H,7H2,(H,22,25)(H,23,26). The first-order valence-corrected chi connectivity index (χ1v) is 9.26. The number of hydrogen-bond acceptors (Lipinski definition) is 5. The lowest BCUT2D eigenvalue weighted by Crippen LogP contribution is -2.42. The number of nitro benzene ring substituents is 1. The molecule has 0 bridgehead atoms. The summed E-state index contributed by atoms with van der Waals surface area (Å²) in [5, 5.41) is 11.4. The Kier molecular flexibility index (Phi) is 7.33. The molecule has 2 rings (SSSR count). The maximum atomic E-state index is 12.7. The summed E-state index contributed by atoms with van der Waals surface area (Å²) in [7, 11) is 0. The molecule has 2 aromatic carbocycles. The molecule has 7 nitrogen and oxygen atoms in total. The summed E-state index contributed by atoms with van der Waals surface area (Å²) in [6, 6.07) is 6.11. The lowest BCUT2D eigenvalue weighted by molar-refractivity contribution is -0.388. The van der Waals surface area contributed by atoms with Gasteiger partial charge >= 0.3 is 6.18 Å². The molecule has 29 heavy (non-hydrogen) atoms. The van der Waals surface area contributed by atoms with E-state index in [-0.39, 0.29) is 20.5 Å². The third-order valence-electron chi connectivity index (χ3n) is 3.33. The summed E-state index contributed by atoms with van der Waals surface area (Å²) >= 11 is 12.3. The number of thioether (sulfide) groups is 1. The zero-order valence-corrected chi connectivity index (χ0v) is 16.4. The van der Waals surface area contributed by atoms with Crippen LogP contribution in [0.25, 0.3) is 0 Å². The van der Waals surface area contributed by atoms with E-state index >= 15 is 0 Å². The smallest absolute Gasteiger partial charge is 0.272 e. The maximum absolute atomic E-state index is 12.7. The van der Waals surface area contributed by atoms with Gasteiger partial charge in [0.25, 0.3) is 11.6 Å². The number of hydrazine groups is 1. The molecule has 0 saturated heterocycles. The number of halogens is 5. The van der Waals surface area contributed by atoms with Crippen LogP contribution in [0.15, 0.2) is 41.3 Å². The summed E-state index contributed by atoms with van der Waals surface area (Å²) in [6.45, 7) is 0. The Hall–Kier alpha value is -2.50. The van der Waals surface area contributed by atoms with Crippen LogP contribution in [-0.2, 0) is 11.0 Å². The van der Waals surface area contributed by atoms with Gasteiger partial charge in [-0.3, -0.25) is 30.6 Å². The average molecular weight is 468 g/mol. The Balaban J connectivity index is 1.99. The Labute approximate surface area is 175 Å². The summed E-state index contributed by atoms with van der Waals surface area (Å²) in [5.74, 6) is -1.91. The zero-order valence-electron chi connectivity index (χ0n) is 14.0. The molecule has 0 aromatic heterocycles. The molecule has 154 valence electrons. The van der Waals surface area contributed by atoms with Crippen molar-refractivity contribution >= 4 is 52.5 Å². The Morgan fingerprint density at radius 1 is 1.10 bits per heavy atom. The van der Waals surface area contributed by atoms with Gasteiger partial charge in [0.1, 0.15) is 0 Å². The van der Waals surface area contributed by atoms with Gasteiger partial charge in [0.15, 0.2) is 0 Å². The summed E-state index contributed by atoms with van der Waals surface area (Å²) < 4.78 is 38.1.